The minimum Gasteiger partial charge on any atom is -0.455 e. The van der Waals surface area contributed by atoms with Crippen LogP contribution >= 0.6 is 0 Å². The zero-order valence-corrected chi connectivity index (χ0v) is 15.0. The summed E-state index contributed by atoms with van der Waals surface area (Å²) in [6.07, 6.45) is 0. The highest BCUT2D eigenvalue weighted by atomic mass is 16.3. The van der Waals surface area contributed by atoms with Gasteiger partial charge in [0.15, 0.2) is 0 Å². The average molecular weight is 336 g/mol. The molecule has 0 atom stereocenters. The highest BCUT2D eigenvalue weighted by Crippen LogP contribution is 2.39. The number of para-hydroxylation sites is 1. The van der Waals surface area contributed by atoms with Crippen molar-refractivity contribution in [3.63, 3.8) is 0 Å². The molecule has 4 aromatic carbocycles. The molecule has 0 aliphatic heterocycles. The van der Waals surface area contributed by atoms with Crippen LogP contribution < -0.4 is 0 Å². The molecule has 5 rings (SSSR count). The fourth-order valence-corrected chi connectivity index (χ4v) is 3.83. The molecular formula is C25H20O. The van der Waals surface area contributed by atoms with Gasteiger partial charge in [-0.25, -0.2) is 0 Å². The highest BCUT2D eigenvalue weighted by Gasteiger charge is 2.14. The van der Waals surface area contributed by atoms with Crippen LogP contribution in [0.25, 0.3) is 43.8 Å². The van der Waals surface area contributed by atoms with E-state index in [2.05, 4.69) is 80.6 Å². The van der Waals surface area contributed by atoms with E-state index < -0.39 is 0 Å². The molecule has 0 aliphatic rings. The van der Waals surface area contributed by atoms with E-state index in [0.29, 0.717) is 5.92 Å². The van der Waals surface area contributed by atoms with E-state index in [4.69, 9.17) is 4.42 Å². The molecule has 0 aliphatic carbocycles. The predicted octanol–water partition coefficient (Wildman–Crippen LogP) is 7.53. The molecule has 0 fully saturated rings. The Hall–Kier alpha value is -3.06. The van der Waals surface area contributed by atoms with Crippen LogP contribution in [-0.2, 0) is 0 Å². The van der Waals surface area contributed by atoms with Crippen molar-refractivity contribution in [1.29, 1.82) is 0 Å². The zero-order valence-electron chi connectivity index (χ0n) is 15.0. The van der Waals surface area contributed by atoms with Crippen LogP contribution in [0.2, 0.25) is 0 Å². The van der Waals surface area contributed by atoms with E-state index >= 15 is 0 Å². The van der Waals surface area contributed by atoms with Crippen molar-refractivity contribution in [2.45, 2.75) is 19.8 Å². The standard InChI is InChI=1S/C25H20O/c1-16(2)17-11-13-18(14-12-17)22-15-23-20-8-5-6-10-24(20)26-25(23)21-9-4-3-7-19(21)22/h3-16H,1-2H3. The minimum atomic E-state index is 0.543. The Labute approximate surface area is 152 Å². The lowest BCUT2D eigenvalue weighted by Gasteiger charge is -2.10. The lowest BCUT2D eigenvalue weighted by molar-refractivity contribution is 0.672. The average Bonchev–Trinajstić information content (AvgIpc) is 3.06. The van der Waals surface area contributed by atoms with Gasteiger partial charge in [-0.2, -0.15) is 0 Å². The van der Waals surface area contributed by atoms with E-state index in [9.17, 15) is 0 Å². The topological polar surface area (TPSA) is 13.1 Å². The monoisotopic (exact) mass is 336 g/mol. The molecule has 0 N–H and O–H groups in total. The first-order valence-electron chi connectivity index (χ1n) is 9.16. The minimum absolute atomic E-state index is 0.543. The largest absolute Gasteiger partial charge is 0.455 e. The van der Waals surface area contributed by atoms with Gasteiger partial charge in [-0.05, 0) is 40.1 Å². The number of hydrogen-bond acceptors (Lipinski definition) is 1. The van der Waals surface area contributed by atoms with Gasteiger partial charge in [0, 0.05) is 16.2 Å². The molecule has 1 aromatic heterocycles. The van der Waals surface area contributed by atoms with Crippen LogP contribution in [0.3, 0.4) is 0 Å². The number of rotatable bonds is 2. The second-order valence-electron chi connectivity index (χ2n) is 7.22. The molecule has 0 bridgehead atoms. The number of hydrogen-bond donors (Lipinski definition) is 0. The number of fused-ring (bicyclic) bond motifs is 5. The molecule has 1 heterocycles. The van der Waals surface area contributed by atoms with Crippen molar-refractivity contribution in [1.82, 2.24) is 0 Å². The molecular weight excluding hydrogens is 316 g/mol. The zero-order chi connectivity index (χ0) is 17.7. The van der Waals surface area contributed by atoms with Crippen molar-refractivity contribution < 1.29 is 4.42 Å². The van der Waals surface area contributed by atoms with Crippen LogP contribution in [0.5, 0.6) is 0 Å². The van der Waals surface area contributed by atoms with Crippen molar-refractivity contribution in [2.24, 2.45) is 0 Å². The lowest BCUT2D eigenvalue weighted by Crippen LogP contribution is -1.88. The summed E-state index contributed by atoms with van der Waals surface area (Å²) in [7, 11) is 0. The Kier molecular flexibility index (Phi) is 3.36. The smallest absolute Gasteiger partial charge is 0.143 e. The normalized spacial score (nSPS) is 11.8. The van der Waals surface area contributed by atoms with Gasteiger partial charge in [-0.3, -0.25) is 0 Å². The predicted molar refractivity (Wildman–Crippen MR) is 111 cm³/mol. The van der Waals surface area contributed by atoms with E-state index in [1.54, 1.807) is 0 Å². The molecule has 0 radical (unpaired) electrons. The molecule has 0 spiro atoms. The maximum atomic E-state index is 6.21. The summed E-state index contributed by atoms with van der Waals surface area (Å²) >= 11 is 0. The van der Waals surface area contributed by atoms with E-state index in [-0.39, 0.29) is 0 Å². The van der Waals surface area contributed by atoms with E-state index in [1.807, 2.05) is 12.1 Å². The Bertz CT molecular complexity index is 1240. The number of benzene rings is 4. The summed E-state index contributed by atoms with van der Waals surface area (Å²) in [5, 5.41) is 4.76. The summed E-state index contributed by atoms with van der Waals surface area (Å²) in [5.74, 6) is 0.543. The molecule has 0 saturated heterocycles. The van der Waals surface area contributed by atoms with Crippen LogP contribution in [0.4, 0.5) is 0 Å². The fraction of sp³-hybridized carbons (Fsp3) is 0.120. The quantitative estimate of drug-likeness (QED) is 0.325. The highest BCUT2D eigenvalue weighted by molar-refractivity contribution is 6.19. The van der Waals surface area contributed by atoms with E-state index in [0.717, 1.165) is 11.2 Å². The van der Waals surface area contributed by atoms with Gasteiger partial charge in [0.25, 0.3) is 0 Å². The summed E-state index contributed by atoms with van der Waals surface area (Å²) in [6.45, 7) is 4.46. The Morgan fingerprint density at radius 1 is 0.654 bits per heavy atom. The molecule has 1 heteroatoms. The van der Waals surface area contributed by atoms with Crippen molar-refractivity contribution in [3.05, 3.63) is 84.4 Å². The first-order chi connectivity index (χ1) is 12.7. The molecule has 0 unspecified atom stereocenters. The van der Waals surface area contributed by atoms with Gasteiger partial charge in [-0.15, -0.1) is 0 Å². The Morgan fingerprint density at radius 2 is 1.31 bits per heavy atom. The third-order valence-electron chi connectivity index (χ3n) is 5.27. The van der Waals surface area contributed by atoms with Crippen molar-refractivity contribution in [3.8, 4) is 11.1 Å². The first kappa shape index (κ1) is 15.2. The van der Waals surface area contributed by atoms with Gasteiger partial charge >= 0.3 is 0 Å². The summed E-state index contributed by atoms with van der Waals surface area (Å²) < 4.78 is 6.21. The summed E-state index contributed by atoms with van der Waals surface area (Å²) in [4.78, 5) is 0. The second-order valence-corrected chi connectivity index (χ2v) is 7.22. The van der Waals surface area contributed by atoms with Gasteiger partial charge < -0.3 is 4.42 Å². The first-order valence-corrected chi connectivity index (χ1v) is 9.16. The molecule has 5 aromatic rings. The van der Waals surface area contributed by atoms with Gasteiger partial charge in [0.1, 0.15) is 11.2 Å². The maximum Gasteiger partial charge on any atom is 0.143 e. The van der Waals surface area contributed by atoms with Crippen molar-refractivity contribution in [2.75, 3.05) is 0 Å². The van der Waals surface area contributed by atoms with Gasteiger partial charge in [0.05, 0.1) is 0 Å². The van der Waals surface area contributed by atoms with Crippen LogP contribution in [-0.4, -0.2) is 0 Å². The Balaban J connectivity index is 1.87. The molecule has 1 nitrogen and oxygen atoms in total. The molecule has 126 valence electrons. The van der Waals surface area contributed by atoms with E-state index in [1.165, 1.54) is 38.2 Å². The lowest BCUT2D eigenvalue weighted by atomic mass is 9.93. The maximum absolute atomic E-state index is 6.21. The molecule has 0 saturated carbocycles. The van der Waals surface area contributed by atoms with Gasteiger partial charge in [-0.1, -0.05) is 80.6 Å². The second kappa shape index (κ2) is 5.74. The summed E-state index contributed by atoms with van der Waals surface area (Å²) in [6, 6.07) is 28.1. The third kappa shape index (κ3) is 2.24. The van der Waals surface area contributed by atoms with Crippen LogP contribution in [0.15, 0.2) is 83.3 Å². The number of furan rings is 1. The SMILES string of the molecule is CC(C)c1ccc(-c2cc3c4ccccc4oc3c3ccccc23)cc1. The molecule has 0 amide bonds. The van der Waals surface area contributed by atoms with Gasteiger partial charge in [0.2, 0.25) is 0 Å². The molecule has 26 heavy (non-hydrogen) atoms. The summed E-state index contributed by atoms with van der Waals surface area (Å²) in [5.41, 5.74) is 5.80. The van der Waals surface area contributed by atoms with Crippen LogP contribution in [0.1, 0.15) is 25.3 Å². The fourth-order valence-electron chi connectivity index (χ4n) is 3.83. The Morgan fingerprint density at radius 3 is 2.04 bits per heavy atom. The van der Waals surface area contributed by atoms with Crippen molar-refractivity contribution >= 4 is 32.7 Å². The van der Waals surface area contributed by atoms with Crippen LogP contribution in [0, 0.1) is 0 Å². The third-order valence-corrected chi connectivity index (χ3v) is 5.27.